The molecule has 15 heavy (non-hydrogen) atoms. The summed E-state index contributed by atoms with van der Waals surface area (Å²) >= 11 is 2.04. The smallest absolute Gasteiger partial charge is 0.129 e. The molecule has 2 nitrogen and oxygen atoms in total. The molecule has 2 fully saturated rings. The lowest BCUT2D eigenvalue weighted by molar-refractivity contribution is 0.402. The Morgan fingerprint density at radius 3 is 2.67 bits per heavy atom. The third-order valence-corrected chi connectivity index (χ3v) is 4.83. The first kappa shape index (κ1) is 10.6. The molecule has 1 aliphatic heterocycles. The lowest BCUT2D eigenvalue weighted by atomic mass is 9.80. The van der Waals surface area contributed by atoms with E-state index in [4.69, 9.17) is 10.5 Å². The molecule has 3 heteroatoms. The fourth-order valence-electron chi connectivity index (χ4n) is 2.68. The molecule has 2 atom stereocenters. The van der Waals surface area contributed by atoms with Crippen LogP contribution in [0.1, 0.15) is 32.1 Å². The lowest BCUT2D eigenvalue weighted by Crippen LogP contribution is -2.28. The minimum atomic E-state index is 0.396. The van der Waals surface area contributed by atoms with Crippen molar-refractivity contribution in [1.82, 2.24) is 0 Å². The van der Waals surface area contributed by atoms with Crippen LogP contribution < -0.4 is 0 Å². The Bertz CT molecular complexity index is 341. The molecule has 1 heterocycles. The van der Waals surface area contributed by atoms with Crippen molar-refractivity contribution >= 4 is 11.8 Å². The van der Waals surface area contributed by atoms with Crippen LogP contribution in [-0.2, 0) is 0 Å². The van der Waals surface area contributed by atoms with Gasteiger partial charge in [0, 0.05) is 5.25 Å². The van der Waals surface area contributed by atoms with Crippen molar-refractivity contribution in [3.05, 3.63) is 11.1 Å². The zero-order chi connectivity index (χ0) is 10.7. The molecular formula is C12H14N2S. The number of rotatable bonds is 0. The van der Waals surface area contributed by atoms with Crippen LogP contribution in [0.25, 0.3) is 0 Å². The van der Waals surface area contributed by atoms with Crippen molar-refractivity contribution in [3.8, 4) is 12.1 Å². The molecule has 0 radical (unpaired) electrons. The number of hydrogen-bond donors (Lipinski definition) is 0. The van der Waals surface area contributed by atoms with E-state index in [0.29, 0.717) is 16.7 Å². The summed E-state index contributed by atoms with van der Waals surface area (Å²) in [4.78, 5) is 0. The van der Waals surface area contributed by atoms with Gasteiger partial charge in [-0.2, -0.15) is 22.3 Å². The van der Waals surface area contributed by atoms with E-state index in [1.165, 1.54) is 25.7 Å². The maximum Gasteiger partial charge on any atom is 0.129 e. The first-order valence-electron chi connectivity index (χ1n) is 5.51. The standard InChI is InChI=1S/C12H14N2S/c13-7-9(8-14)10-5-6-15-12-4-2-1-3-11(10)12/h11-12H,1-6H2/t11-,12+/m0/s1. The van der Waals surface area contributed by atoms with Crippen LogP contribution in [0.4, 0.5) is 0 Å². The summed E-state index contributed by atoms with van der Waals surface area (Å²) in [5.74, 6) is 1.61. The minimum absolute atomic E-state index is 0.396. The van der Waals surface area contributed by atoms with Gasteiger partial charge in [-0.3, -0.25) is 0 Å². The number of nitrogens with zero attached hydrogens (tertiary/aromatic N) is 2. The van der Waals surface area contributed by atoms with Gasteiger partial charge in [0.2, 0.25) is 0 Å². The predicted octanol–water partition coefficient (Wildman–Crippen LogP) is 3.03. The second-order valence-corrected chi connectivity index (χ2v) is 5.52. The van der Waals surface area contributed by atoms with Crippen LogP contribution in [0.15, 0.2) is 11.1 Å². The molecule has 1 saturated carbocycles. The summed E-state index contributed by atoms with van der Waals surface area (Å²) < 4.78 is 0. The van der Waals surface area contributed by atoms with Gasteiger partial charge in [0.15, 0.2) is 0 Å². The second-order valence-electron chi connectivity index (χ2n) is 4.17. The summed E-state index contributed by atoms with van der Waals surface area (Å²) in [6, 6.07) is 4.13. The predicted molar refractivity (Wildman–Crippen MR) is 61.1 cm³/mol. The summed E-state index contributed by atoms with van der Waals surface area (Å²) in [7, 11) is 0. The van der Waals surface area contributed by atoms with Crippen molar-refractivity contribution in [2.24, 2.45) is 5.92 Å². The van der Waals surface area contributed by atoms with Gasteiger partial charge in [-0.15, -0.1) is 0 Å². The van der Waals surface area contributed by atoms with Crippen LogP contribution in [0.2, 0.25) is 0 Å². The molecule has 1 saturated heterocycles. The molecule has 2 aliphatic rings. The number of fused-ring (bicyclic) bond motifs is 1. The zero-order valence-corrected chi connectivity index (χ0v) is 9.52. The first-order chi connectivity index (χ1) is 7.36. The van der Waals surface area contributed by atoms with Crippen LogP contribution >= 0.6 is 11.8 Å². The molecule has 2 rings (SSSR count). The number of nitriles is 2. The van der Waals surface area contributed by atoms with Crippen molar-refractivity contribution < 1.29 is 0 Å². The van der Waals surface area contributed by atoms with E-state index >= 15 is 0 Å². The molecular weight excluding hydrogens is 204 g/mol. The molecule has 0 bridgehead atoms. The molecule has 0 spiro atoms. The van der Waals surface area contributed by atoms with Gasteiger partial charge in [-0.05, 0) is 36.5 Å². The van der Waals surface area contributed by atoms with Crippen LogP contribution in [-0.4, -0.2) is 11.0 Å². The highest BCUT2D eigenvalue weighted by molar-refractivity contribution is 8.00. The summed E-state index contributed by atoms with van der Waals surface area (Å²) in [5, 5.41) is 18.5. The highest BCUT2D eigenvalue weighted by Crippen LogP contribution is 2.44. The molecule has 0 aromatic heterocycles. The van der Waals surface area contributed by atoms with E-state index in [9.17, 15) is 0 Å². The third-order valence-electron chi connectivity index (χ3n) is 3.40. The normalized spacial score (nSPS) is 29.9. The molecule has 0 N–H and O–H groups in total. The van der Waals surface area contributed by atoms with Gasteiger partial charge >= 0.3 is 0 Å². The van der Waals surface area contributed by atoms with E-state index in [2.05, 4.69) is 12.1 Å². The highest BCUT2D eigenvalue weighted by atomic mass is 32.2. The minimum Gasteiger partial charge on any atom is -0.192 e. The van der Waals surface area contributed by atoms with Gasteiger partial charge in [0.1, 0.15) is 17.7 Å². The summed E-state index contributed by atoms with van der Waals surface area (Å²) in [5.41, 5.74) is 1.55. The van der Waals surface area contributed by atoms with Crippen molar-refractivity contribution in [1.29, 1.82) is 10.5 Å². The monoisotopic (exact) mass is 218 g/mol. The Kier molecular flexibility index (Phi) is 3.34. The summed E-state index contributed by atoms with van der Waals surface area (Å²) in [6.07, 6.45) is 5.97. The molecule has 0 aromatic carbocycles. The first-order valence-corrected chi connectivity index (χ1v) is 6.56. The zero-order valence-electron chi connectivity index (χ0n) is 8.70. The maximum absolute atomic E-state index is 8.93. The van der Waals surface area contributed by atoms with Gasteiger partial charge in [0.05, 0.1) is 0 Å². The van der Waals surface area contributed by atoms with Crippen LogP contribution in [0.5, 0.6) is 0 Å². The molecule has 1 aliphatic carbocycles. The Morgan fingerprint density at radius 2 is 1.93 bits per heavy atom. The van der Waals surface area contributed by atoms with Gasteiger partial charge in [0.25, 0.3) is 0 Å². The Hall–Kier alpha value is -0.930. The van der Waals surface area contributed by atoms with Crippen molar-refractivity contribution in [2.75, 3.05) is 5.75 Å². The van der Waals surface area contributed by atoms with Gasteiger partial charge in [-0.25, -0.2) is 0 Å². The van der Waals surface area contributed by atoms with Gasteiger partial charge in [-0.1, -0.05) is 12.8 Å². The van der Waals surface area contributed by atoms with Crippen LogP contribution in [0.3, 0.4) is 0 Å². The van der Waals surface area contributed by atoms with Gasteiger partial charge < -0.3 is 0 Å². The number of hydrogen-bond acceptors (Lipinski definition) is 3. The number of allylic oxidation sites excluding steroid dienone is 2. The quantitative estimate of drug-likeness (QED) is 0.587. The Morgan fingerprint density at radius 1 is 1.20 bits per heavy atom. The fourth-order valence-corrected chi connectivity index (χ4v) is 4.19. The average Bonchev–Trinajstić information content (AvgIpc) is 2.31. The van der Waals surface area contributed by atoms with E-state index in [-0.39, 0.29) is 0 Å². The molecule has 0 aromatic rings. The highest BCUT2D eigenvalue weighted by Gasteiger charge is 2.33. The van der Waals surface area contributed by atoms with E-state index in [1.54, 1.807) is 0 Å². The largest absolute Gasteiger partial charge is 0.192 e. The molecule has 0 unspecified atom stereocenters. The SMILES string of the molecule is N#CC(C#N)=C1CCS[C@@H]2CCCC[C@@H]12. The Balaban J connectivity index is 2.29. The van der Waals surface area contributed by atoms with E-state index in [1.807, 2.05) is 11.8 Å². The third kappa shape index (κ3) is 2.03. The Labute approximate surface area is 95.0 Å². The topological polar surface area (TPSA) is 47.6 Å². The average molecular weight is 218 g/mol. The second kappa shape index (κ2) is 4.73. The molecule has 0 amide bonds. The van der Waals surface area contributed by atoms with Crippen molar-refractivity contribution in [3.63, 3.8) is 0 Å². The number of thioether (sulfide) groups is 1. The van der Waals surface area contributed by atoms with Crippen molar-refractivity contribution in [2.45, 2.75) is 37.4 Å². The molecule has 78 valence electrons. The van der Waals surface area contributed by atoms with Crippen LogP contribution in [0, 0.1) is 28.6 Å². The lowest BCUT2D eigenvalue weighted by Gasteiger charge is -2.37. The summed E-state index contributed by atoms with van der Waals surface area (Å²) in [6.45, 7) is 0. The van der Waals surface area contributed by atoms with E-state index in [0.717, 1.165) is 17.7 Å². The fraction of sp³-hybridized carbons (Fsp3) is 0.667. The maximum atomic E-state index is 8.93. The van der Waals surface area contributed by atoms with E-state index < -0.39 is 0 Å².